The largest absolute Gasteiger partial charge is 0.261 e. The van der Waals surface area contributed by atoms with Gasteiger partial charge in [-0.15, -0.1) is 0 Å². The maximum atomic E-state index is 5.96. The molecule has 2 atom stereocenters. The second-order valence-electron chi connectivity index (χ2n) is 3.26. The van der Waals surface area contributed by atoms with Gasteiger partial charge in [0, 0.05) is 16.9 Å². The summed E-state index contributed by atoms with van der Waals surface area (Å²) in [6.07, 6.45) is 7.74. The molecule has 0 aromatic carbocycles. The Hall–Kier alpha value is -0.540. The average molecular weight is 274 g/mol. The van der Waals surface area contributed by atoms with Gasteiger partial charge in [0.05, 0.1) is 10.9 Å². The Balaban J connectivity index is 2.35. The highest BCUT2D eigenvalue weighted by Gasteiger charge is 2.21. The van der Waals surface area contributed by atoms with Crippen molar-refractivity contribution in [3.05, 3.63) is 41.2 Å². The minimum Gasteiger partial charge on any atom is -0.261 e. The van der Waals surface area contributed by atoms with Crippen molar-refractivity contribution in [1.29, 1.82) is 0 Å². The van der Waals surface area contributed by atoms with Gasteiger partial charge in [-0.05, 0) is 25.1 Å². The van der Waals surface area contributed by atoms with Gasteiger partial charge >= 0.3 is 0 Å². The summed E-state index contributed by atoms with van der Waals surface area (Å²) >= 11 is 9.55. The number of aromatic nitrogens is 2. The molecule has 0 fully saturated rings. The molecule has 1 aliphatic rings. The van der Waals surface area contributed by atoms with Crippen molar-refractivity contribution in [3.8, 4) is 0 Å². The standard InChI is InChI=1S/C10H10BrClN2/c1-7-4-5-13-14(7)10-6-8(12)2-3-9(10)11/h2-6,9-10H,1H3. The van der Waals surface area contributed by atoms with E-state index in [9.17, 15) is 0 Å². The first-order chi connectivity index (χ1) is 6.68. The van der Waals surface area contributed by atoms with Gasteiger partial charge in [-0.2, -0.15) is 5.10 Å². The molecule has 2 rings (SSSR count). The number of hydrogen-bond acceptors (Lipinski definition) is 1. The van der Waals surface area contributed by atoms with Crippen LogP contribution >= 0.6 is 27.5 Å². The molecule has 1 heterocycles. The summed E-state index contributed by atoms with van der Waals surface area (Å²) < 4.78 is 1.96. The van der Waals surface area contributed by atoms with Crippen LogP contribution in [-0.2, 0) is 0 Å². The molecule has 1 aromatic heterocycles. The monoisotopic (exact) mass is 272 g/mol. The Morgan fingerprint density at radius 2 is 2.36 bits per heavy atom. The van der Waals surface area contributed by atoms with Crippen molar-refractivity contribution in [2.24, 2.45) is 0 Å². The second kappa shape index (κ2) is 3.91. The number of allylic oxidation sites excluding steroid dienone is 4. The molecule has 0 N–H and O–H groups in total. The van der Waals surface area contributed by atoms with Gasteiger partial charge in [-0.3, -0.25) is 4.68 Å². The molecule has 1 aliphatic carbocycles. The number of rotatable bonds is 1. The van der Waals surface area contributed by atoms with Gasteiger partial charge in [0.2, 0.25) is 0 Å². The molecular formula is C10H10BrClN2. The number of aryl methyl sites for hydroxylation is 1. The van der Waals surface area contributed by atoms with E-state index in [0.29, 0.717) is 0 Å². The minimum atomic E-state index is 0.169. The minimum absolute atomic E-state index is 0.169. The summed E-state index contributed by atoms with van der Waals surface area (Å²) in [5, 5.41) is 5.04. The highest BCUT2D eigenvalue weighted by molar-refractivity contribution is 9.09. The first-order valence-corrected chi connectivity index (χ1v) is 5.67. The molecule has 0 radical (unpaired) electrons. The summed E-state index contributed by atoms with van der Waals surface area (Å²) in [4.78, 5) is 0.253. The third-order valence-corrected chi connectivity index (χ3v) is 3.34. The van der Waals surface area contributed by atoms with Crippen LogP contribution in [0.2, 0.25) is 0 Å². The highest BCUT2D eigenvalue weighted by atomic mass is 79.9. The second-order valence-corrected chi connectivity index (χ2v) is 4.76. The lowest BCUT2D eigenvalue weighted by Gasteiger charge is -2.21. The molecule has 0 saturated heterocycles. The fraction of sp³-hybridized carbons (Fsp3) is 0.300. The average Bonchev–Trinajstić information content (AvgIpc) is 2.56. The predicted octanol–water partition coefficient (Wildman–Crippen LogP) is 3.19. The van der Waals surface area contributed by atoms with Gasteiger partial charge in [0.15, 0.2) is 0 Å². The lowest BCUT2D eigenvalue weighted by atomic mass is 10.1. The summed E-state index contributed by atoms with van der Waals surface area (Å²) in [5.41, 5.74) is 1.13. The fourth-order valence-electron chi connectivity index (χ4n) is 1.51. The Morgan fingerprint density at radius 1 is 1.57 bits per heavy atom. The zero-order chi connectivity index (χ0) is 10.1. The maximum Gasteiger partial charge on any atom is 0.0879 e. The van der Waals surface area contributed by atoms with Crippen molar-refractivity contribution in [1.82, 2.24) is 9.78 Å². The van der Waals surface area contributed by atoms with Crippen LogP contribution in [0.1, 0.15) is 11.7 Å². The smallest absolute Gasteiger partial charge is 0.0879 e. The summed E-state index contributed by atoms with van der Waals surface area (Å²) in [6.45, 7) is 2.03. The number of halogens is 2. The topological polar surface area (TPSA) is 17.8 Å². The van der Waals surface area contributed by atoms with E-state index >= 15 is 0 Å². The Labute approximate surface area is 96.4 Å². The molecule has 14 heavy (non-hydrogen) atoms. The SMILES string of the molecule is Cc1ccnn1C1C=C(Cl)C=CC1Br. The van der Waals surface area contributed by atoms with Crippen LogP contribution in [0.3, 0.4) is 0 Å². The highest BCUT2D eigenvalue weighted by Crippen LogP contribution is 2.29. The molecule has 2 nitrogen and oxygen atoms in total. The van der Waals surface area contributed by atoms with Crippen molar-refractivity contribution in [2.75, 3.05) is 0 Å². The van der Waals surface area contributed by atoms with Crippen LogP contribution in [0.15, 0.2) is 35.5 Å². The van der Waals surface area contributed by atoms with Crippen LogP contribution < -0.4 is 0 Å². The van der Waals surface area contributed by atoms with E-state index in [2.05, 4.69) is 21.0 Å². The normalized spacial score (nSPS) is 26.4. The predicted molar refractivity (Wildman–Crippen MR) is 61.8 cm³/mol. The third-order valence-electron chi connectivity index (χ3n) is 2.25. The van der Waals surface area contributed by atoms with Crippen molar-refractivity contribution < 1.29 is 0 Å². The molecule has 4 heteroatoms. The number of hydrogen-bond donors (Lipinski definition) is 0. The molecule has 74 valence electrons. The van der Waals surface area contributed by atoms with Crippen LogP contribution in [0.5, 0.6) is 0 Å². The van der Waals surface area contributed by atoms with E-state index < -0.39 is 0 Å². The molecular weight excluding hydrogens is 263 g/mol. The lowest BCUT2D eigenvalue weighted by molar-refractivity contribution is 0.539. The van der Waals surface area contributed by atoms with Crippen molar-refractivity contribution in [2.45, 2.75) is 17.8 Å². The zero-order valence-corrected chi connectivity index (χ0v) is 10.0. The van der Waals surface area contributed by atoms with E-state index in [4.69, 9.17) is 11.6 Å². The molecule has 0 amide bonds. The van der Waals surface area contributed by atoms with E-state index in [1.54, 1.807) is 6.20 Å². The summed E-state index contributed by atoms with van der Waals surface area (Å²) in [6, 6.07) is 2.15. The summed E-state index contributed by atoms with van der Waals surface area (Å²) in [5.74, 6) is 0. The van der Waals surface area contributed by atoms with Crippen molar-refractivity contribution in [3.63, 3.8) is 0 Å². The molecule has 2 unspecified atom stereocenters. The molecule has 0 aliphatic heterocycles. The molecule has 0 bridgehead atoms. The van der Waals surface area contributed by atoms with E-state index in [1.807, 2.05) is 35.9 Å². The first-order valence-electron chi connectivity index (χ1n) is 4.38. The van der Waals surface area contributed by atoms with Crippen LogP contribution in [0, 0.1) is 6.92 Å². The van der Waals surface area contributed by atoms with E-state index in [1.165, 1.54) is 0 Å². The van der Waals surface area contributed by atoms with Gasteiger partial charge in [-0.1, -0.05) is 33.6 Å². The van der Waals surface area contributed by atoms with E-state index in [-0.39, 0.29) is 10.9 Å². The van der Waals surface area contributed by atoms with Gasteiger partial charge in [0.25, 0.3) is 0 Å². The van der Waals surface area contributed by atoms with Gasteiger partial charge in [0.1, 0.15) is 0 Å². The Bertz CT molecular complexity index is 395. The number of nitrogens with zero attached hydrogens (tertiary/aromatic N) is 2. The Kier molecular flexibility index (Phi) is 2.79. The number of alkyl halides is 1. The molecule has 1 aromatic rings. The third kappa shape index (κ3) is 1.79. The van der Waals surface area contributed by atoms with Crippen LogP contribution in [-0.4, -0.2) is 14.6 Å². The molecule has 0 saturated carbocycles. The van der Waals surface area contributed by atoms with Gasteiger partial charge in [-0.25, -0.2) is 0 Å². The summed E-state index contributed by atoms with van der Waals surface area (Å²) in [7, 11) is 0. The fourth-order valence-corrected chi connectivity index (χ4v) is 2.24. The Morgan fingerprint density at radius 3 is 3.00 bits per heavy atom. The van der Waals surface area contributed by atoms with Crippen LogP contribution in [0.4, 0.5) is 0 Å². The van der Waals surface area contributed by atoms with E-state index in [0.717, 1.165) is 10.7 Å². The lowest BCUT2D eigenvalue weighted by Crippen LogP contribution is -2.20. The zero-order valence-electron chi connectivity index (χ0n) is 7.69. The maximum absolute atomic E-state index is 5.96. The van der Waals surface area contributed by atoms with Crippen molar-refractivity contribution >= 4 is 27.5 Å². The quantitative estimate of drug-likeness (QED) is 0.719. The van der Waals surface area contributed by atoms with Crippen LogP contribution in [0.25, 0.3) is 0 Å². The van der Waals surface area contributed by atoms with Gasteiger partial charge < -0.3 is 0 Å². The molecule has 0 spiro atoms. The first kappa shape index (κ1) is 9.99.